The first kappa shape index (κ1) is 29.8. The summed E-state index contributed by atoms with van der Waals surface area (Å²) in [4.78, 5) is 32.4. The number of carbonyl (C=O) groups excluding carboxylic acids is 2. The van der Waals surface area contributed by atoms with Crippen LogP contribution in [0.15, 0.2) is 58.6 Å². The molecule has 1 saturated heterocycles. The average molecular weight is 580 g/mol. The largest absolute Gasteiger partial charge is 0.494 e. The molecule has 3 aromatic rings. The minimum Gasteiger partial charge on any atom is -0.494 e. The highest BCUT2D eigenvalue weighted by Gasteiger charge is 2.24. The normalized spacial score (nSPS) is 15.1. The van der Waals surface area contributed by atoms with Gasteiger partial charge in [-0.3, -0.25) is 9.20 Å². The zero-order valence-corrected chi connectivity index (χ0v) is 23.6. The zero-order valence-electron chi connectivity index (χ0n) is 21.1. The van der Waals surface area contributed by atoms with E-state index >= 15 is 0 Å². The van der Waals surface area contributed by atoms with Crippen molar-refractivity contribution in [1.29, 1.82) is 0 Å². The van der Waals surface area contributed by atoms with E-state index in [4.69, 9.17) is 9.47 Å². The van der Waals surface area contributed by atoms with Crippen molar-refractivity contribution in [2.45, 2.75) is 37.3 Å². The first-order valence-electron chi connectivity index (χ1n) is 12.4. The summed E-state index contributed by atoms with van der Waals surface area (Å²) in [5.41, 5.74) is 2.34. The Bertz CT molecular complexity index is 1290. The van der Waals surface area contributed by atoms with Crippen molar-refractivity contribution >= 4 is 60.2 Å². The molecule has 0 bridgehead atoms. The molecule has 0 unspecified atom stereocenters. The first-order valence-corrected chi connectivity index (χ1v) is 13.2. The Kier molecular flexibility index (Phi) is 10.9. The van der Waals surface area contributed by atoms with Crippen molar-refractivity contribution in [3.8, 4) is 5.75 Å². The Morgan fingerprint density at radius 3 is 2.71 bits per heavy atom. The standard InChI is InChI=1S/C27H30N4O4S.2ClH/c1-2-34-27(33)19-6-3-7-22(16-19)35-15-5-12-30-13-10-20(11-14-30)29-26(32)23-17-21-18-28-24-8-4-9-25(36-23)31(21)24;;/h3-4,6-9,16-18,20H,2,5,10-15H2,1H3,(H,29,32);2*1H. The molecule has 0 saturated carbocycles. The van der Waals surface area contributed by atoms with Crippen molar-refractivity contribution in [1.82, 2.24) is 19.6 Å². The highest BCUT2D eigenvalue weighted by molar-refractivity contribution is 8.04. The summed E-state index contributed by atoms with van der Waals surface area (Å²) in [5, 5.41) is 4.24. The highest BCUT2D eigenvalue weighted by Crippen LogP contribution is 2.34. The van der Waals surface area contributed by atoms with E-state index in [0.29, 0.717) is 29.4 Å². The van der Waals surface area contributed by atoms with Crippen LogP contribution in [0.25, 0.3) is 11.7 Å². The summed E-state index contributed by atoms with van der Waals surface area (Å²) in [7, 11) is 0. The number of aromatic nitrogens is 2. The van der Waals surface area contributed by atoms with Gasteiger partial charge in [0.15, 0.2) is 0 Å². The number of halogens is 2. The Balaban J connectivity index is 0.00000200. The third kappa shape index (κ3) is 7.02. The summed E-state index contributed by atoms with van der Waals surface area (Å²) in [5.74, 6) is 0.331. The van der Waals surface area contributed by atoms with Gasteiger partial charge >= 0.3 is 5.97 Å². The fourth-order valence-electron chi connectivity index (χ4n) is 4.56. The maximum atomic E-state index is 13.0. The summed E-state index contributed by atoms with van der Waals surface area (Å²) in [6.45, 7) is 5.55. The Morgan fingerprint density at radius 2 is 1.92 bits per heavy atom. The van der Waals surface area contributed by atoms with E-state index in [1.54, 1.807) is 25.1 Å². The van der Waals surface area contributed by atoms with Crippen molar-refractivity contribution < 1.29 is 19.1 Å². The molecule has 1 amide bonds. The molecule has 204 valence electrons. The fraction of sp³-hybridized carbons (Fsp3) is 0.370. The van der Waals surface area contributed by atoms with Crippen molar-refractivity contribution in [3.63, 3.8) is 0 Å². The third-order valence-corrected chi connectivity index (χ3v) is 7.44. The van der Waals surface area contributed by atoms with Crippen LogP contribution in [0.5, 0.6) is 5.75 Å². The number of carbonyl (C=O) groups is 2. The maximum absolute atomic E-state index is 13.0. The van der Waals surface area contributed by atoms with Gasteiger partial charge in [0.2, 0.25) is 0 Å². The second-order valence-electron chi connectivity index (χ2n) is 8.89. The number of benzene rings is 1. The van der Waals surface area contributed by atoms with Gasteiger partial charge in [0.1, 0.15) is 11.4 Å². The van der Waals surface area contributed by atoms with Crippen molar-refractivity contribution in [3.05, 3.63) is 64.8 Å². The topological polar surface area (TPSA) is 85.2 Å². The average Bonchev–Trinajstić information content (AvgIpc) is 3.32. The van der Waals surface area contributed by atoms with Gasteiger partial charge in [0.05, 0.1) is 40.6 Å². The minimum atomic E-state index is -0.333. The molecule has 2 aliphatic heterocycles. The molecule has 0 radical (unpaired) electrons. The van der Waals surface area contributed by atoms with Gasteiger partial charge in [-0.05, 0) is 62.6 Å². The van der Waals surface area contributed by atoms with Crippen LogP contribution in [0, 0.1) is 0 Å². The molecule has 1 N–H and O–H groups in total. The van der Waals surface area contributed by atoms with Gasteiger partial charge < -0.3 is 19.7 Å². The van der Waals surface area contributed by atoms with E-state index in [1.807, 2.05) is 36.5 Å². The predicted molar refractivity (Wildman–Crippen MR) is 154 cm³/mol. The number of pyridine rings is 1. The van der Waals surface area contributed by atoms with Crippen LogP contribution in [-0.4, -0.2) is 65.1 Å². The molecular formula is C27H32Cl2N4O4S. The lowest BCUT2D eigenvalue weighted by Crippen LogP contribution is -2.45. The molecule has 0 spiro atoms. The number of ether oxygens (including phenoxy) is 2. The molecule has 8 nitrogen and oxygen atoms in total. The quantitative estimate of drug-likeness (QED) is 0.287. The minimum absolute atomic E-state index is 0. The van der Waals surface area contributed by atoms with E-state index in [2.05, 4.69) is 19.6 Å². The van der Waals surface area contributed by atoms with Gasteiger partial charge in [-0.1, -0.05) is 23.9 Å². The first-order chi connectivity index (χ1) is 17.6. The van der Waals surface area contributed by atoms with Crippen LogP contribution in [0.3, 0.4) is 0 Å². The Morgan fingerprint density at radius 1 is 1.13 bits per heavy atom. The van der Waals surface area contributed by atoms with Crippen molar-refractivity contribution in [2.75, 3.05) is 32.8 Å². The maximum Gasteiger partial charge on any atom is 0.338 e. The van der Waals surface area contributed by atoms with E-state index in [-0.39, 0.29) is 42.7 Å². The van der Waals surface area contributed by atoms with Gasteiger partial charge in [0.25, 0.3) is 5.91 Å². The molecule has 4 heterocycles. The second-order valence-corrected chi connectivity index (χ2v) is 9.95. The smallest absolute Gasteiger partial charge is 0.338 e. The molecule has 1 aromatic carbocycles. The molecule has 2 aromatic heterocycles. The van der Waals surface area contributed by atoms with E-state index in [1.165, 1.54) is 11.8 Å². The zero-order chi connectivity index (χ0) is 24.9. The Hall–Kier alpha value is -2.72. The van der Waals surface area contributed by atoms with Gasteiger partial charge in [-0.2, -0.15) is 0 Å². The number of hydrogen-bond donors (Lipinski definition) is 1. The number of hydrogen-bond acceptors (Lipinski definition) is 7. The number of amides is 1. The molecule has 11 heteroatoms. The molecular weight excluding hydrogens is 547 g/mol. The summed E-state index contributed by atoms with van der Waals surface area (Å²) in [6, 6.07) is 13.2. The molecule has 2 aliphatic rings. The monoisotopic (exact) mass is 578 g/mol. The summed E-state index contributed by atoms with van der Waals surface area (Å²) < 4.78 is 13.0. The number of imidazole rings is 1. The summed E-state index contributed by atoms with van der Waals surface area (Å²) >= 11 is 1.49. The van der Waals surface area contributed by atoms with Gasteiger partial charge in [-0.15, -0.1) is 24.8 Å². The highest BCUT2D eigenvalue weighted by atomic mass is 35.5. The number of rotatable bonds is 9. The third-order valence-electron chi connectivity index (χ3n) is 6.39. The fourth-order valence-corrected chi connectivity index (χ4v) is 5.55. The number of thioether (sulfide) groups is 1. The van der Waals surface area contributed by atoms with Gasteiger partial charge in [-0.25, -0.2) is 9.78 Å². The van der Waals surface area contributed by atoms with Crippen LogP contribution in [0.1, 0.15) is 42.2 Å². The summed E-state index contributed by atoms with van der Waals surface area (Å²) in [6.07, 6.45) is 6.48. The molecule has 38 heavy (non-hydrogen) atoms. The van der Waals surface area contributed by atoms with Gasteiger partial charge in [0, 0.05) is 25.7 Å². The van der Waals surface area contributed by atoms with Crippen LogP contribution >= 0.6 is 36.6 Å². The molecule has 1 fully saturated rings. The van der Waals surface area contributed by atoms with Crippen LogP contribution in [0.4, 0.5) is 0 Å². The predicted octanol–water partition coefficient (Wildman–Crippen LogP) is 4.85. The number of piperidine rings is 1. The van der Waals surface area contributed by atoms with E-state index < -0.39 is 0 Å². The Labute approximate surface area is 239 Å². The van der Waals surface area contributed by atoms with Crippen LogP contribution in [-0.2, 0) is 9.53 Å². The second kappa shape index (κ2) is 13.9. The van der Waals surface area contributed by atoms with Crippen LogP contribution in [0.2, 0.25) is 0 Å². The lowest BCUT2D eigenvalue weighted by molar-refractivity contribution is -0.117. The molecule has 5 rings (SSSR count). The van der Waals surface area contributed by atoms with E-state index in [0.717, 1.165) is 55.3 Å². The number of nitrogens with one attached hydrogen (secondary N) is 1. The molecule has 0 atom stereocenters. The molecule has 0 aliphatic carbocycles. The lowest BCUT2D eigenvalue weighted by Gasteiger charge is -2.32. The number of nitrogens with zero attached hydrogens (tertiary/aromatic N) is 3. The SMILES string of the molecule is CCOC(=O)c1cccc(OCCCN2CCC(NC(=O)C3=Cc4cnc5cccc(n45)S3)CC2)c1.Cl.Cl. The number of esters is 1. The number of likely N-dealkylation sites (tertiary alicyclic amines) is 1. The lowest BCUT2D eigenvalue weighted by atomic mass is 10.0. The van der Waals surface area contributed by atoms with Crippen LogP contribution < -0.4 is 10.1 Å². The van der Waals surface area contributed by atoms with Crippen molar-refractivity contribution in [2.24, 2.45) is 0 Å². The van der Waals surface area contributed by atoms with E-state index in [9.17, 15) is 9.59 Å².